The van der Waals surface area contributed by atoms with Gasteiger partial charge in [0, 0.05) is 18.5 Å². The second-order valence-corrected chi connectivity index (χ2v) is 7.89. The standard InChI is InChI=1S/C12H16F3N3O3S/c1-7-4-9(12(13,14)15)5-18(7)22(19,20)6-10-16-11(21-17-10)8-2-3-8/h7-9H,2-6H2,1H3/t7-,9+/m1/s1. The van der Waals surface area contributed by atoms with Gasteiger partial charge in [0.1, 0.15) is 5.75 Å². The van der Waals surface area contributed by atoms with E-state index < -0.39 is 40.5 Å². The number of alkyl halides is 3. The van der Waals surface area contributed by atoms with Gasteiger partial charge in [-0.05, 0) is 26.2 Å². The highest BCUT2D eigenvalue weighted by molar-refractivity contribution is 7.88. The highest BCUT2D eigenvalue weighted by Gasteiger charge is 2.49. The fourth-order valence-electron chi connectivity index (χ4n) is 2.69. The summed E-state index contributed by atoms with van der Waals surface area (Å²) in [4.78, 5) is 4.02. The molecule has 1 aliphatic heterocycles. The molecule has 1 saturated carbocycles. The van der Waals surface area contributed by atoms with Crippen molar-refractivity contribution in [3.63, 3.8) is 0 Å². The number of sulfonamides is 1. The summed E-state index contributed by atoms with van der Waals surface area (Å²) in [6.07, 6.45) is -2.73. The maximum Gasteiger partial charge on any atom is 0.393 e. The number of hydrogen-bond donors (Lipinski definition) is 0. The minimum Gasteiger partial charge on any atom is -0.339 e. The van der Waals surface area contributed by atoms with Crippen LogP contribution in [0.4, 0.5) is 13.2 Å². The molecule has 0 unspecified atom stereocenters. The molecule has 6 nitrogen and oxygen atoms in total. The van der Waals surface area contributed by atoms with Gasteiger partial charge in [-0.3, -0.25) is 0 Å². The van der Waals surface area contributed by atoms with E-state index >= 15 is 0 Å². The van der Waals surface area contributed by atoms with E-state index in [0.717, 1.165) is 17.1 Å². The van der Waals surface area contributed by atoms with Gasteiger partial charge in [0.05, 0.1) is 5.92 Å². The molecule has 1 saturated heterocycles. The second-order valence-electron chi connectivity index (χ2n) is 5.97. The van der Waals surface area contributed by atoms with E-state index in [0.29, 0.717) is 5.89 Å². The molecule has 10 heteroatoms. The van der Waals surface area contributed by atoms with E-state index in [4.69, 9.17) is 4.52 Å². The molecule has 0 N–H and O–H groups in total. The van der Waals surface area contributed by atoms with Crippen molar-refractivity contribution in [1.29, 1.82) is 0 Å². The molecule has 1 aromatic rings. The molecule has 2 fully saturated rings. The third-order valence-corrected chi connectivity index (χ3v) is 5.91. The van der Waals surface area contributed by atoms with Crippen LogP contribution in [0, 0.1) is 5.92 Å². The van der Waals surface area contributed by atoms with Crippen molar-refractivity contribution in [3.8, 4) is 0 Å². The van der Waals surface area contributed by atoms with Crippen molar-refractivity contribution in [2.24, 2.45) is 5.92 Å². The monoisotopic (exact) mass is 339 g/mol. The Labute approximate surface area is 125 Å². The zero-order valence-electron chi connectivity index (χ0n) is 11.9. The molecule has 0 bridgehead atoms. The molecular weight excluding hydrogens is 323 g/mol. The van der Waals surface area contributed by atoms with Gasteiger partial charge < -0.3 is 4.52 Å². The van der Waals surface area contributed by atoms with E-state index in [-0.39, 0.29) is 18.2 Å². The zero-order valence-corrected chi connectivity index (χ0v) is 12.7. The molecule has 3 rings (SSSR count). The minimum atomic E-state index is -4.39. The molecule has 2 atom stereocenters. The number of halogens is 3. The summed E-state index contributed by atoms with van der Waals surface area (Å²) < 4.78 is 68.8. The molecule has 0 spiro atoms. The average Bonchev–Trinajstić information content (AvgIpc) is 2.99. The molecule has 22 heavy (non-hydrogen) atoms. The van der Waals surface area contributed by atoms with Crippen LogP contribution in [0.2, 0.25) is 0 Å². The first-order valence-electron chi connectivity index (χ1n) is 7.05. The van der Waals surface area contributed by atoms with Gasteiger partial charge in [0.25, 0.3) is 0 Å². The molecule has 0 aromatic carbocycles. The largest absolute Gasteiger partial charge is 0.393 e. The normalized spacial score (nSPS) is 27.5. The lowest BCUT2D eigenvalue weighted by molar-refractivity contribution is -0.169. The Morgan fingerprint density at radius 2 is 2.05 bits per heavy atom. The molecule has 0 radical (unpaired) electrons. The maximum atomic E-state index is 12.8. The highest BCUT2D eigenvalue weighted by atomic mass is 32.2. The van der Waals surface area contributed by atoms with Crippen molar-refractivity contribution >= 4 is 10.0 Å². The smallest absolute Gasteiger partial charge is 0.339 e. The number of aromatic nitrogens is 2. The molecule has 1 aliphatic carbocycles. The Morgan fingerprint density at radius 1 is 1.36 bits per heavy atom. The van der Waals surface area contributed by atoms with Gasteiger partial charge >= 0.3 is 6.18 Å². The van der Waals surface area contributed by atoms with Gasteiger partial charge in [-0.25, -0.2) is 8.42 Å². The molecule has 2 aliphatic rings. The summed E-state index contributed by atoms with van der Waals surface area (Å²) in [5.41, 5.74) is 0. The predicted octanol–water partition coefficient (Wildman–Crippen LogP) is 2.05. The van der Waals surface area contributed by atoms with Gasteiger partial charge in [-0.2, -0.15) is 22.5 Å². The second kappa shape index (κ2) is 5.19. The fraction of sp³-hybridized carbons (Fsp3) is 0.833. The third kappa shape index (κ3) is 3.12. The number of nitrogens with zero attached hydrogens (tertiary/aromatic N) is 3. The maximum absolute atomic E-state index is 12.8. The van der Waals surface area contributed by atoms with Gasteiger partial charge in [-0.15, -0.1) is 0 Å². The van der Waals surface area contributed by atoms with Crippen molar-refractivity contribution in [2.75, 3.05) is 6.54 Å². The van der Waals surface area contributed by atoms with Crippen LogP contribution in [0.15, 0.2) is 4.52 Å². The lowest BCUT2D eigenvalue weighted by atomic mass is 10.1. The van der Waals surface area contributed by atoms with E-state index in [1.807, 2.05) is 0 Å². The first-order valence-corrected chi connectivity index (χ1v) is 8.66. The first-order chi connectivity index (χ1) is 10.2. The van der Waals surface area contributed by atoms with E-state index in [9.17, 15) is 21.6 Å². The van der Waals surface area contributed by atoms with E-state index in [2.05, 4.69) is 10.1 Å². The average molecular weight is 339 g/mol. The van der Waals surface area contributed by atoms with Gasteiger partial charge in [-0.1, -0.05) is 5.16 Å². The van der Waals surface area contributed by atoms with Crippen LogP contribution in [0.5, 0.6) is 0 Å². The Hall–Kier alpha value is -1.16. The third-order valence-electron chi connectivity index (χ3n) is 4.06. The fourth-order valence-corrected chi connectivity index (χ4v) is 4.34. The van der Waals surface area contributed by atoms with Crippen molar-refractivity contribution in [2.45, 2.75) is 50.1 Å². The lowest BCUT2D eigenvalue weighted by Gasteiger charge is -2.20. The molecule has 124 valence electrons. The van der Waals surface area contributed by atoms with Crippen molar-refractivity contribution in [1.82, 2.24) is 14.4 Å². The first kappa shape index (κ1) is 15.7. The highest BCUT2D eigenvalue weighted by Crippen LogP contribution is 2.40. The quantitative estimate of drug-likeness (QED) is 0.839. The van der Waals surface area contributed by atoms with Crippen LogP contribution in [-0.2, 0) is 15.8 Å². The zero-order chi connectivity index (χ0) is 16.1. The Bertz CT molecular complexity index is 654. The molecule has 2 heterocycles. The Balaban J connectivity index is 1.71. The van der Waals surface area contributed by atoms with Crippen LogP contribution in [0.3, 0.4) is 0 Å². The van der Waals surface area contributed by atoms with E-state index in [1.54, 1.807) is 0 Å². The summed E-state index contributed by atoms with van der Waals surface area (Å²) in [6, 6.07) is -0.688. The van der Waals surface area contributed by atoms with Crippen molar-refractivity contribution in [3.05, 3.63) is 11.7 Å². The summed E-state index contributed by atoms with van der Waals surface area (Å²) in [6.45, 7) is 0.940. The lowest BCUT2D eigenvalue weighted by Crippen LogP contribution is -2.36. The van der Waals surface area contributed by atoms with Crippen LogP contribution >= 0.6 is 0 Å². The minimum absolute atomic E-state index is 0.00422. The van der Waals surface area contributed by atoms with E-state index in [1.165, 1.54) is 6.92 Å². The SMILES string of the molecule is C[C@@H]1C[C@H](C(F)(F)F)CN1S(=O)(=O)Cc1noc(C2CC2)n1. The van der Waals surface area contributed by atoms with Crippen LogP contribution < -0.4 is 0 Å². The summed E-state index contributed by atoms with van der Waals surface area (Å²) >= 11 is 0. The van der Waals surface area contributed by atoms with Gasteiger partial charge in [0.2, 0.25) is 15.9 Å². The van der Waals surface area contributed by atoms with Crippen LogP contribution in [0.25, 0.3) is 0 Å². The number of rotatable bonds is 4. The Kier molecular flexibility index (Phi) is 3.71. The van der Waals surface area contributed by atoms with Gasteiger partial charge in [0.15, 0.2) is 5.82 Å². The molecular formula is C12H16F3N3O3S. The topological polar surface area (TPSA) is 76.3 Å². The Morgan fingerprint density at radius 3 is 2.59 bits per heavy atom. The predicted molar refractivity (Wildman–Crippen MR) is 69.2 cm³/mol. The van der Waals surface area contributed by atoms with Crippen LogP contribution in [0.1, 0.15) is 43.8 Å². The summed E-state index contributed by atoms with van der Waals surface area (Å²) in [7, 11) is -3.90. The summed E-state index contributed by atoms with van der Waals surface area (Å²) in [5, 5.41) is 3.61. The number of hydrogen-bond acceptors (Lipinski definition) is 5. The molecule has 1 aromatic heterocycles. The van der Waals surface area contributed by atoms with Crippen LogP contribution in [-0.4, -0.2) is 41.6 Å². The summed E-state index contributed by atoms with van der Waals surface area (Å²) in [5.74, 6) is -1.54. The van der Waals surface area contributed by atoms with Crippen molar-refractivity contribution < 1.29 is 26.1 Å². The molecule has 0 amide bonds.